The van der Waals surface area contributed by atoms with Crippen LogP contribution in [0.3, 0.4) is 0 Å². The summed E-state index contributed by atoms with van der Waals surface area (Å²) in [7, 11) is -7.20. The van der Waals surface area contributed by atoms with Crippen LogP contribution >= 0.6 is 0 Å². The number of benzene rings is 2. The molecule has 8 heteroatoms. The van der Waals surface area contributed by atoms with Gasteiger partial charge in [-0.25, -0.2) is 16.8 Å². The van der Waals surface area contributed by atoms with Crippen molar-refractivity contribution < 1.29 is 21.6 Å². The van der Waals surface area contributed by atoms with Crippen molar-refractivity contribution >= 4 is 19.7 Å². The molecule has 1 saturated heterocycles. The fraction of sp³-hybridized carbons (Fsp3) is 0.400. The Morgan fingerprint density at radius 1 is 1.04 bits per heavy atom. The Kier molecular flexibility index (Phi) is 6.42. The summed E-state index contributed by atoms with van der Waals surface area (Å²) in [5.41, 5.74) is 1.11. The van der Waals surface area contributed by atoms with Crippen LogP contribution in [0, 0.1) is 0 Å². The molecule has 0 radical (unpaired) electrons. The first-order valence-corrected chi connectivity index (χ1v) is 12.6. The van der Waals surface area contributed by atoms with Gasteiger partial charge in [-0.2, -0.15) is 0 Å². The fourth-order valence-electron chi connectivity index (χ4n) is 3.43. The normalized spacial score (nSPS) is 21.5. The Bertz CT molecular complexity index is 987. The zero-order valence-electron chi connectivity index (χ0n) is 15.7. The van der Waals surface area contributed by atoms with Crippen molar-refractivity contribution in [1.29, 1.82) is 0 Å². The van der Waals surface area contributed by atoms with E-state index in [4.69, 9.17) is 4.74 Å². The molecule has 0 bridgehead atoms. The molecular formula is C20H25NO5S2. The highest BCUT2D eigenvalue weighted by atomic mass is 32.2. The largest absolute Gasteiger partial charge is 0.494 e. The molecule has 0 aliphatic carbocycles. The highest BCUT2D eigenvalue weighted by molar-refractivity contribution is 7.96. The van der Waals surface area contributed by atoms with E-state index >= 15 is 0 Å². The SMILES string of the molecule is CCOc1ccc(S(=O)(=O)[C@H]2CS(=O)(=O)C[C@@H]2NCCc2ccccc2)cc1. The summed E-state index contributed by atoms with van der Waals surface area (Å²) in [6.45, 7) is 2.85. The smallest absolute Gasteiger partial charge is 0.183 e. The van der Waals surface area contributed by atoms with Crippen molar-refractivity contribution in [2.75, 3.05) is 24.7 Å². The van der Waals surface area contributed by atoms with Crippen LogP contribution < -0.4 is 10.1 Å². The molecule has 152 valence electrons. The van der Waals surface area contributed by atoms with Crippen molar-refractivity contribution in [3.05, 3.63) is 60.2 Å². The van der Waals surface area contributed by atoms with Gasteiger partial charge in [-0.05, 0) is 49.7 Å². The van der Waals surface area contributed by atoms with Crippen molar-refractivity contribution in [2.45, 2.75) is 29.5 Å². The van der Waals surface area contributed by atoms with E-state index in [1.165, 1.54) is 12.1 Å². The maximum Gasteiger partial charge on any atom is 0.183 e. The average molecular weight is 424 g/mol. The maximum atomic E-state index is 13.1. The molecule has 3 rings (SSSR count). The second-order valence-electron chi connectivity index (χ2n) is 6.86. The van der Waals surface area contributed by atoms with Crippen LogP contribution in [0.1, 0.15) is 12.5 Å². The first-order valence-electron chi connectivity index (χ1n) is 9.26. The Morgan fingerprint density at radius 3 is 2.36 bits per heavy atom. The van der Waals surface area contributed by atoms with Gasteiger partial charge in [0.2, 0.25) is 0 Å². The summed E-state index contributed by atoms with van der Waals surface area (Å²) in [6, 6.07) is 15.3. The van der Waals surface area contributed by atoms with E-state index in [1.54, 1.807) is 12.1 Å². The summed E-state index contributed by atoms with van der Waals surface area (Å²) in [5.74, 6) is 0.0619. The predicted molar refractivity (Wildman–Crippen MR) is 109 cm³/mol. The van der Waals surface area contributed by atoms with Gasteiger partial charge in [0.1, 0.15) is 5.75 Å². The van der Waals surface area contributed by atoms with E-state index < -0.39 is 31.0 Å². The van der Waals surface area contributed by atoms with Crippen LogP contribution in [0.15, 0.2) is 59.5 Å². The van der Waals surface area contributed by atoms with Crippen molar-refractivity contribution in [3.8, 4) is 5.75 Å². The Balaban J connectivity index is 1.74. The van der Waals surface area contributed by atoms with Gasteiger partial charge in [-0.1, -0.05) is 30.3 Å². The van der Waals surface area contributed by atoms with Gasteiger partial charge < -0.3 is 10.1 Å². The van der Waals surface area contributed by atoms with Crippen molar-refractivity contribution in [3.63, 3.8) is 0 Å². The number of sulfone groups is 2. The monoisotopic (exact) mass is 423 g/mol. The molecule has 6 nitrogen and oxygen atoms in total. The number of ether oxygens (including phenoxy) is 1. The summed E-state index contributed by atoms with van der Waals surface area (Å²) in [6.07, 6.45) is 0.702. The minimum absolute atomic E-state index is 0.118. The molecule has 1 heterocycles. The molecule has 1 N–H and O–H groups in total. The summed E-state index contributed by atoms with van der Waals surface area (Å²) in [4.78, 5) is 0.118. The lowest BCUT2D eigenvalue weighted by atomic mass is 10.1. The Labute approximate surface area is 166 Å². The molecule has 1 fully saturated rings. The second kappa shape index (κ2) is 8.63. The topological polar surface area (TPSA) is 89.5 Å². The van der Waals surface area contributed by atoms with Gasteiger partial charge >= 0.3 is 0 Å². The molecule has 0 aromatic heterocycles. The summed E-state index contributed by atoms with van der Waals surface area (Å²) >= 11 is 0. The number of nitrogens with one attached hydrogen (secondary N) is 1. The predicted octanol–water partition coefficient (Wildman–Crippen LogP) is 1.86. The third kappa shape index (κ3) is 4.92. The Hall–Kier alpha value is -1.90. The number of hydrogen-bond acceptors (Lipinski definition) is 6. The highest BCUT2D eigenvalue weighted by Gasteiger charge is 2.45. The van der Waals surface area contributed by atoms with Gasteiger partial charge in [-0.15, -0.1) is 0 Å². The summed E-state index contributed by atoms with van der Waals surface area (Å²) in [5, 5.41) is 2.17. The van der Waals surface area contributed by atoms with E-state index in [1.807, 2.05) is 37.3 Å². The molecule has 2 aromatic rings. The molecule has 28 heavy (non-hydrogen) atoms. The van der Waals surface area contributed by atoms with Gasteiger partial charge in [0.15, 0.2) is 19.7 Å². The van der Waals surface area contributed by atoms with Crippen LogP contribution in [0.5, 0.6) is 5.75 Å². The molecule has 0 amide bonds. The molecule has 2 aromatic carbocycles. The molecule has 0 unspecified atom stereocenters. The van der Waals surface area contributed by atoms with E-state index in [0.29, 0.717) is 25.3 Å². The second-order valence-corrected chi connectivity index (χ2v) is 11.2. The van der Waals surface area contributed by atoms with Gasteiger partial charge in [0.05, 0.1) is 28.3 Å². The minimum Gasteiger partial charge on any atom is -0.494 e. The maximum absolute atomic E-state index is 13.1. The van der Waals surface area contributed by atoms with Crippen molar-refractivity contribution in [2.24, 2.45) is 0 Å². The van der Waals surface area contributed by atoms with Crippen LogP contribution in [-0.2, 0) is 26.1 Å². The quantitative estimate of drug-likeness (QED) is 0.697. The minimum atomic E-state index is -3.78. The summed E-state index contributed by atoms with van der Waals surface area (Å²) < 4.78 is 55.9. The fourth-order valence-corrected chi connectivity index (χ4v) is 8.14. The first kappa shape index (κ1) is 20.8. The van der Waals surface area contributed by atoms with E-state index in [9.17, 15) is 16.8 Å². The third-order valence-corrected chi connectivity index (χ3v) is 8.99. The molecule has 0 spiro atoms. The van der Waals surface area contributed by atoms with E-state index in [2.05, 4.69) is 5.32 Å². The first-order chi connectivity index (χ1) is 13.3. The lowest BCUT2D eigenvalue weighted by Crippen LogP contribution is -2.44. The molecule has 1 aliphatic heterocycles. The Morgan fingerprint density at radius 2 is 1.71 bits per heavy atom. The van der Waals surface area contributed by atoms with Gasteiger partial charge in [0, 0.05) is 6.04 Å². The standard InChI is InChI=1S/C20H25NO5S2/c1-2-26-17-8-10-18(11-9-17)28(24,25)20-15-27(22,23)14-19(20)21-13-12-16-6-4-3-5-7-16/h3-11,19-21H,2,12-15H2,1H3/t19-,20-/m0/s1. The molecule has 1 aliphatic rings. The van der Waals surface area contributed by atoms with Crippen LogP contribution in [0.25, 0.3) is 0 Å². The molecule has 0 saturated carbocycles. The average Bonchev–Trinajstić information content (AvgIpc) is 2.99. The third-order valence-electron chi connectivity index (χ3n) is 4.83. The zero-order chi connectivity index (χ0) is 20.2. The molecular weight excluding hydrogens is 398 g/mol. The van der Waals surface area contributed by atoms with Gasteiger partial charge in [-0.3, -0.25) is 0 Å². The lowest BCUT2D eigenvalue weighted by molar-refractivity contribution is 0.340. The van der Waals surface area contributed by atoms with E-state index in [-0.39, 0.29) is 16.4 Å². The lowest BCUT2D eigenvalue weighted by Gasteiger charge is -2.20. The molecule has 2 atom stereocenters. The number of rotatable bonds is 8. The van der Waals surface area contributed by atoms with Crippen LogP contribution in [-0.4, -0.2) is 52.8 Å². The highest BCUT2D eigenvalue weighted by Crippen LogP contribution is 2.27. The zero-order valence-corrected chi connectivity index (χ0v) is 17.4. The van der Waals surface area contributed by atoms with Gasteiger partial charge in [0.25, 0.3) is 0 Å². The van der Waals surface area contributed by atoms with Crippen LogP contribution in [0.2, 0.25) is 0 Å². The van der Waals surface area contributed by atoms with E-state index in [0.717, 1.165) is 5.56 Å². The van der Waals surface area contributed by atoms with Crippen molar-refractivity contribution in [1.82, 2.24) is 5.32 Å². The van der Waals surface area contributed by atoms with Crippen LogP contribution in [0.4, 0.5) is 0 Å². The number of hydrogen-bond donors (Lipinski definition) is 1.